The van der Waals surface area contributed by atoms with Crippen LogP contribution in [0.25, 0.3) is 11.0 Å². The van der Waals surface area contributed by atoms with Crippen molar-refractivity contribution < 1.29 is 14.7 Å². The van der Waals surface area contributed by atoms with Gasteiger partial charge in [-0.3, -0.25) is 9.48 Å². The molecule has 0 saturated carbocycles. The lowest BCUT2D eigenvalue weighted by Gasteiger charge is -2.21. The highest BCUT2D eigenvalue weighted by molar-refractivity contribution is 6.06. The summed E-state index contributed by atoms with van der Waals surface area (Å²) in [6.07, 6.45) is 2.81. The molecule has 1 atom stereocenters. The van der Waals surface area contributed by atoms with E-state index in [-0.39, 0.29) is 5.91 Å². The second-order valence-electron chi connectivity index (χ2n) is 5.31. The number of carbonyl (C=O) groups excluding carboxylic acids is 1. The van der Waals surface area contributed by atoms with Crippen LogP contribution in [-0.4, -0.2) is 49.2 Å². The van der Waals surface area contributed by atoms with Gasteiger partial charge >= 0.3 is 5.97 Å². The molecule has 2 aromatic heterocycles. The van der Waals surface area contributed by atoms with Crippen LogP contribution in [0.5, 0.6) is 0 Å². The predicted octanol–water partition coefficient (Wildman–Crippen LogP) is 0.966. The first-order valence-electron chi connectivity index (χ1n) is 6.82. The third-order valence-corrected chi connectivity index (χ3v) is 3.86. The molecule has 0 unspecified atom stereocenters. The zero-order valence-electron chi connectivity index (χ0n) is 11.9. The zero-order valence-corrected chi connectivity index (χ0v) is 11.9. The summed E-state index contributed by atoms with van der Waals surface area (Å²) in [6, 6.07) is 0.960. The Hall–Kier alpha value is -2.44. The number of nitrogens with zero attached hydrogens (tertiary/aromatic N) is 4. The summed E-state index contributed by atoms with van der Waals surface area (Å²) in [5, 5.41) is 14.0. The second-order valence-corrected chi connectivity index (χ2v) is 5.31. The van der Waals surface area contributed by atoms with Crippen molar-refractivity contribution in [1.29, 1.82) is 0 Å². The van der Waals surface area contributed by atoms with Crippen LogP contribution >= 0.6 is 0 Å². The molecule has 1 fully saturated rings. The number of hydrogen-bond donors (Lipinski definition) is 1. The molecule has 3 rings (SSSR count). The second kappa shape index (κ2) is 4.83. The molecule has 0 radical (unpaired) electrons. The fraction of sp³-hybridized carbons (Fsp3) is 0.429. The van der Waals surface area contributed by atoms with E-state index in [0.717, 1.165) is 0 Å². The van der Waals surface area contributed by atoms with Gasteiger partial charge in [0.05, 0.1) is 17.1 Å². The third kappa shape index (κ3) is 2.14. The maximum atomic E-state index is 12.7. The number of carboxylic acids is 1. The Morgan fingerprint density at radius 3 is 2.90 bits per heavy atom. The number of fused-ring (bicyclic) bond motifs is 1. The summed E-state index contributed by atoms with van der Waals surface area (Å²) in [5.41, 5.74) is 1.81. The molecule has 1 amide bonds. The first-order chi connectivity index (χ1) is 9.99. The number of pyridine rings is 1. The third-order valence-electron chi connectivity index (χ3n) is 3.86. The molecular weight excluding hydrogens is 272 g/mol. The van der Waals surface area contributed by atoms with Crippen molar-refractivity contribution in [2.24, 2.45) is 7.05 Å². The van der Waals surface area contributed by atoms with Crippen molar-refractivity contribution in [3.63, 3.8) is 0 Å². The van der Waals surface area contributed by atoms with Crippen LogP contribution in [0.4, 0.5) is 0 Å². The standard InChI is InChI=1S/C14H16N4O3/c1-8-6-9(10-7-15-17(2)12(10)16-8)13(19)18-5-3-4-11(18)14(20)21/h6-7,11H,3-5H2,1-2H3,(H,20,21)/t11-/m0/s1. The molecule has 7 heteroatoms. The topological polar surface area (TPSA) is 88.3 Å². The molecule has 0 bridgehead atoms. The molecule has 1 N–H and O–H groups in total. The number of amides is 1. The fourth-order valence-electron chi connectivity index (χ4n) is 2.84. The fourth-order valence-corrected chi connectivity index (χ4v) is 2.84. The monoisotopic (exact) mass is 288 g/mol. The Kier molecular flexibility index (Phi) is 3.12. The number of aryl methyl sites for hydroxylation is 2. The van der Waals surface area contributed by atoms with Crippen LogP contribution in [0.1, 0.15) is 28.9 Å². The number of rotatable bonds is 2. The van der Waals surface area contributed by atoms with Gasteiger partial charge in [0.1, 0.15) is 6.04 Å². The van der Waals surface area contributed by atoms with Crippen LogP contribution in [0.3, 0.4) is 0 Å². The molecule has 1 saturated heterocycles. The van der Waals surface area contributed by atoms with E-state index in [4.69, 9.17) is 0 Å². The molecule has 3 heterocycles. The number of carboxylic acid groups (broad SMARTS) is 1. The van der Waals surface area contributed by atoms with Crippen molar-refractivity contribution >= 4 is 22.9 Å². The first-order valence-corrected chi connectivity index (χ1v) is 6.82. The number of aromatic nitrogens is 3. The highest BCUT2D eigenvalue weighted by atomic mass is 16.4. The van der Waals surface area contributed by atoms with Crippen LogP contribution in [0.2, 0.25) is 0 Å². The maximum Gasteiger partial charge on any atom is 0.326 e. The van der Waals surface area contributed by atoms with Crippen LogP contribution < -0.4 is 0 Å². The largest absolute Gasteiger partial charge is 0.480 e. The van der Waals surface area contributed by atoms with Gasteiger partial charge in [0.25, 0.3) is 5.91 Å². The summed E-state index contributed by atoms with van der Waals surface area (Å²) in [5.74, 6) is -1.21. The van der Waals surface area contributed by atoms with Gasteiger partial charge in [-0.05, 0) is 25.8 Å². The van der Waals surface area contributed by atoms with Crippen LogP contribution in [0, 0.1) is 6.92 Å². The number of carbonyl (C=O) groups is 2. The molecule has 1 aliphatic rings. The molecule has 110 valence electrons. The van der Waals surface area contributed by atoms with Gasteiger partial charge in [-0.15, -0.1) is 0 Å². The molecule has 21 heavy (non-hydrogen) atoms. The minimum Gasteiger partial charge on any atom is -0.480 e. The number of likely N-dealkylation sites (tertiary alicyclic amines) is 1. The quantitative estimate of drug-likeness (QED) is 0.889. The van der Waals surface area contributed by atoms with Crippen molar-refractivity contribution in [2.75, 3.05) is 6.54 Å². The van der Waals surface area contributed by atoms with Crippen molar-refractivity contribution in [2.45, 2.75) is 25.8 Å². The Labute approximate surface area is 121 Å². The molecule has 0 aromatic carbocycles. The Balaban J connectivity index is 2.07. The van der Waals surface area contributed by atoms with Gasteiger partial charge in [0.2, 0.25) is 0 Å². The lowest BCUT2D eigenvalue weighted by atomic mass is 10.1. The van der Waals surface area contributed by atoms with Gasteiger partial charge in [-0.2, -0.15) is 5.10 Å². The van der Waals surface area contributed by atoms with E-state index in [9.17, 15) is 14.7 Å². The average molecular weight is 288 g/mol. The summed E-state index contributed by atoms with van der Waals surface area (Å²) >= 11 is 0. The van der Waals surface area contributed by atoms with Gasteiger partial charge in [-0.1, -0.05) is 0 Å². The van der Waals surface area contributed by atoms with Crippen molar-refractivity contribution in [1.82, 2.24) is 19.7 Å². The highest BCUT2D eigenvalue weighted by Gasteiger charge is 2.35. The smallest absolute Gasteiger partial charge is 0.326 e. The number of aliphatic carboxylic acids is 1. The van der Waals surface area contributed by atoms with E-state index < -0.39 is 12.0 Å². The molecule has 7 nitrogen and oxygen atoms in total. The molecule has 0 spiro atoms. The first kappa shape index (κ1) is 13.5. The van der Waals surface area contributed by atoms with Gasteiger partial charge in [0, 0.05) is 19.3 Å². The van der Waals surface area contributed by atoms with Crippen molar-refractivity contribution in [3.8, 4) is 0 Å². The lowest BCUT2D eigenvalue weighted by Crippen LogP contribution is -2.40. The maximum absolute atomic E-state index is 12.7. The van der Waals surface area contributed by atoms with E-state index in [1.807, 2.05) is 6.92 Å². The number of hydrogen-bond acceptors (Lipinski definition) is 4. The van der Waals surface area contributed by atoms with Crippen LogP contribution in [-0.2, 0) is 11.8 Å². The van der Waals surface area contributed by atoms with E-state index in [1.54, 1.807) is 24.0 Å². The van der Waals surface area contributed by atoms with E-state index >= 15 is 0 Å². The average Bonchev–Trinajstić information content (AvgIpc) is 3.05. The summed E-state index contributed by atoms with van der Waals surface area (Å²) in [4.78, 5) is 29.8. The van der Waals surface area contributed by atoms with E-state index in [0.29, 0.717) is 41.7 Å². The molecule has 1 aliphatic heterocycles. The van der Waals surface area contributed by atoms with E-state index in [1.165, 1.54) is 4.90 Å². The minimum absolute atomic E-state index is 0.261. The van der Waals surface area contributed by atoms with Gasteiger partial charge in [-0.25, -0.2) is 9.78 Å². The minimum atomic E-state index is -0.950. The molecule has 2 aromatic rings. The molecule has 0 aliphatic carbocycles. The Bertz CT molecular complexity index is 737. The Morgan fingerprint density at radius 2 is 2.19 bits per heavy atom. The highest BCUT2D eigenvalue weighted by Crippen LogP contribution is 2.24. The van der Waals surface area contributed by atoms with E-state index in [2.05, 4.69) is 10.1 Å². The van der Waals surface area contributed by atoms with Crippen molar-refractivity contribution in [3.05, 3.63) is 23.5 Å². The van der Waals surface area contributed by atoms with Gasteiger partial charge in [0.15, 0.2) is 5.65 Å². The Morgan fingerprint density at radius 1 is 1.43 bits per heavy atom. The summed E-state index contributed by atoms with van der Waals surface area (Å²) < 4.78 is 1.61. The predicted molar refractivity (Wildman–Crippen MR) is 74.9 cm³/mol. The zero-order chi connectivity index (χ0) is 15.1. The SMILES string of the molecule is Cc1cc(C(=O)N2CCC[C@H]2C(=O)O)c2cnn(C)c2n1. The normalized spacial score (nSPS) is 18.4. The molecular formula is C14H16N4O3. The lowest BCUT2D eigenvalue weighted by molar-refractivity contribution is -0.141. The summed E-state index contributed by atoms with van der Waals surface area (Å²) in [7, 11) is 1.76. The summed E-state index contributed by atoms with van der Waals surface area (Å²) in [6.45, 7) is 2.28. The van der Waals surface area contributed by atoms with Crippen LogP contribution in [0.15, 0.2) is 12.3 Å². The van der Waals surface area contributed by atoms with Gasteiger partial charge < -0.3 is 10.0 Å².